The molecule has 0 amide bonds. The van der Waals surface area contributed by atoms with E-state index >= 15 is 0 Å². The number of pyridine rings is 1. The maximum Gasteiger partial charge on any atom is 0.336 e. The van der Waals surface area contributed by atoms with Crippen LogP contribution in [0.25, 0.3) is 22.2 Å². The molecular weight excluding hydrogens is 285 g/mol. The second kappa shape index (κ2) is 5.44. The van der Waals surface area contributed by atoms with Gasteiger partial charge in [-0.15, -0.1) is 0 Å². The van der Waals surface area contributed by atoms with Crippen molar-refractivity contribution in [3.8, 4) is 17.0 Å². The van der Waals surface area contributed by atoms with E-state index in [1.165, 1.54) is 25.3 Å². The molecule has 0 saturated heterocycles. The van der Waals surface area contributed by atoms with Crippen molar-refractivity contribution in [1.82, 2.24) is 4.98 Å². The van der Waals surface area contributed by atoms with Gasteiger partial charge in [0.2, 0.25) is 0 Å². The van der Waals surface area contributed by atoms with Crippen molar-refractivity contribution >= 4 is 16.9 Å². The molecule has 0 saturated carbocycles. The summed E-state index contributed by atoms with van der Waals surface area (Å²) in [7, 11) is 1.51. The molecule has 0 aliphatic rings. The van der Waals surface area contributed by atoms with Gasteiger partial charge in [-0.1, -0.05) is 24.3 Å². The smallest absolute Gasteiger partial charge is 0.336 e. The molecule has 22 heavy (non-hydrogen) atoms. The minimum absolute atomic E-state index is 0.00501. The van der Waals surface area contributed by atoms with Crippen LogP contribution in [-0.4, -0.2) is 23.2 Å². The number of halogens is 1. The van der Waals surface area contributed by atoms with Gasteiger partial charge in [0.25, 0.3) is 0 Å². The number of carbonyl (C=O) groups is 1. The summed E-state index contributed by atoms with van der Waals surface area (Å²) in [6, 6.07) is 12.8. The highest BCUT2D eigenvalue weighted by molar-refractivity contribution is 6.04. The third kappa shape index (κ3) is 2.26. The molecule has 3 aromatic rings. The van der Waals surface area contributed by atoms with Crippen molar-refractivity contribution in [1.29, 1.82) is 0 Å². The number of methoxy groups -OCH3 is 1. The minimum Gasteiger partial charge on any atom is -0.496 e. The highest BCUT2D eigenvalue weighted by Crippen LogP contribution is 2.31. The number of ether oxygens (including phenoxy) is 1. The number of carboxylic acids is 1. The second-order valence-corrected chi connectivity index (χ2v) is 4.70. The molecule has 2 aromatic carbocycles. The van der Waals surface area contributed by atoms with Crippen LogP contribution in [0.4, 0.5) is 4.39 Å². The molecule has 1 heterocycles. The van der Waals surface area contributed by atoms with Crippen LogP contribution < -0.4 is 4.74 Å². The van der Waals surface area contributed by atoms with E-state index in [-0.39, 0.29) is 16.5 Å². The van der Waals surface area contributed by atoms with E-state index in [1.807, 2.05) is 0 Å². The van der Waals surface area contributed by atoms with Gasteiger partial charge in [0.1, 0.15) is 17.1 Å². The molecule has 0 atom stereocenters. The Morgan fingerprint density at radius 1 is 1.18 bits per heavy atom. The van der Waals surface area contributed by atoms with Gasteiger partial charge < -0.3 is 9.84 Å². The number of aromatic carboxylic acids is 1. The maximum absolute atomic E-state index is 14.0. The van der Waals surface area contributed by atoms with Crippen LogP contribution in [-0.2, 0) is 0 Å². The Bertz CT molecular complexity index is 877. The van der Waals surface area contributed by atoms with Gasteiger partial charge in [-0.3, -0.25) is 0 Å². The number of fused-ring (bicyclic) bond motifs is 1. The first kappa shape index (κ1) is 14.0. The van der Waals surface area contributed by atoms with E-state index in [0.29, 0.717) is 17.0 Å². The number of para-hydroxylation sites is 2. The highest BCUT2D eigenvalue weighted by atomic mass is 19.1. The fraction of sp³-hybridized carbons (Fsp3) is 0.0588. The van der Waals surface area contributed by atoms with Crippen molar-refractivity contribution in [3.63, 3.8) is 0 Å². The summed E-state index contributed by atoms with van der Waals surface area (Å²) >= 11 is 0. The van der Waals surface area contributed by atoms with Gasteiger partial charge >= 0.3 is 5.97 Å². The van der Waals surface area contributed by atoms with E-state index in [4.69, 9.17) is 4.74 Å². The van der Waals surface area contributed by atoms with Gasteiger partial charge in [0, 0.05) is 10.9 Å². The van der Waals surface area contributed by atoms with Crippen LogP contribution in [0.3, 0.4) is 0 Å². The predicted molar refractivity (Wildman–Crippen MR) is 80.6 cm³/mol. The van der Waals surface area contributed by atoms with Crippen LogP contribution in [0.2, 0.25) is 0 Å². The minimum atomic E-state index is -1.13. The van der Waals surface area contributed by atoms with Crippen molar-refractivity contribution in [2.24, 2.45) is 0 Å². The lowest BCUT2D eigenvalue weighted by Gasteiger charge is -2.10. The van der Waals surface area contributed by atoms with Crippen LogP contribution >= 0.6 is 0 Å². The number of aromatic nitrogens is 1. The second-order valence-electron chi connectivity index (χ2n) is 4.70. The lowest BCUT2D eigenvalue weighted by molar-refractivity contribution is 0.0699. The van der Waals surface area contributed by atoms with E-state index in [0.717, 1.165) is 0 Å². The fourth-order valence-corrected chi connectivity index (χ4v) is 2.38. The number of hydrogen-bond acceptors (Lipinski definition) is 3. The van der Waals surface area contributed by atoms with Gasteiger partial charge in [0.05, 0.1) is 18.4 Å². The Morgan fingerprint density at radius 3 is 2.68 bits per heavy atom. The summed E-state index contributed by atoms with van der Waals surface area (Å²) in [5, 5.41) is 9.66. The third-order valence-electron chi connectivity index (χ3n) is 3.40. The Labute approximate surface area is 125 Å². The number of hydrogen-bond donors (Lipinski definition) is 1. The number of carboxylic acid groups (broad SMARTS) is 1. The summed E-state index contributed by atoms with van der Waals surface area (Å²) in [5.74, 6) is -1.15. The van der Waals surface area contributed by atoms with Gasteiger partial charge in [-0.2, -0.15) is 0 Å². The third-order valence-corrected chi connectivity index (χ3v) is 3.40. The predicted octanol–water partition coefficient (Wildman–Crippen LogP) is 3.75. The van der Waals surface area contributed by atoms with Crippen LogP contribution in [0.1, 0.15) is 10.4 Å². The van der Waals surface area contributed by atoms with Crippen molar-refractivity contribution < 1.29 is 19.0 Å². The number of benzene rings is 2. The zero-order valence-corrected chi connectivity index (χ0v) is 11.7. The molecule has 0 radical (unpaired) electrons. The van der Waals surface area contributed by atoms with Crippen molar-refractivity contribution in [2.45, 2.75) is 0 Å². The molecule has 4 nitrogen and oxygen atoms in total. The molecule has 0 aliphatic heterocycles. The normalized spacial score (nSPS) is 10.6. The summed E-state index contributed by atoms with van der Waals surface area (Å²) in [5.41, 5.74) is 0.999. The van der Waals surface area contributed by atoms with Crippen LogP contribution in [0.15, 0.2) is 48.5 Å². The Kier molecular flexibility index (Phi) is 3.47. The fourth-order valence-electron chi connectivity index (χ4n) is 2.38. The first-order chi connectivity index (χ1) is 10.6. The number of rotatable bonds is 3. The SMILES string of the molecule is COc1ccccc1-c1cc(C(=O)O)c2cccc(F)c2n1. The quantitative estimate of drug-likeness (QED) is 0.800. The van der Waals surface area contributed by atoms with E-state index in [2.05, 4.69) is 4.98 Å². The van der Waals surface area contributed by atoms with Gasteiger partial charge in [-0.25, -0.2) is 14.2 Å². The van der Waals surface area contributed by atoms with Gasteiger partial charge in [-0.05, 0) is 24.3 Å². The van der Waals surface area contributed by atoms with Crippen molar-refractivity contribution in [3.05, 3.63) is 59.9 Å². The Hall–Kier alpha value is -2.95. The molecule has 0 unspecified atom stereocenters. The summed E-state index contributed by atoms with van der Waals surface area (Å²) in [4.78, 5) is 15.8. The zero-order chi connectivity index (χ0) is 15.7. The molecule has 1 N–H and O–H groups in total. The standard InChI is InChI=1S/C17H12FNO3/c1-22-15-8-3-2-5-11(15)14-9-12(17(20)21)10-6-4-7-13(18)16(10)19-14/h2-9H,1H3,(H,20,21). The Morgan fingerprint density at radius 2 is 1.95 bits per heavy atom. The first-order valence-corrected chi connectivity index (χ1v) is 6.58. The lowest BCUT2D eigenvalue weighted by atomic mass is 10.0. The van der Waals surface area contributed by atoms with Gasteiger partial charge in [0.15, 0.2) is 0 Å². The van der Waals surface area contributed by atoms with E-state index in [1.54, 1.807) is 30.3 Å². The molecule has 0 fully saturated rings. The summed E-state index contributed by atoms with van der Waals surface area (Å²) in [6.45, 7) is 0. The molecule has 5 heteroatoms. The maximum atomic E-state index is 14.0. The first-order valence-electron chi connectivity index (χ1n) is 6.58. The average Bonchev–Trinajstić information content (AvgIpc) is 2.54. The summed E-state index contributed by atoms with van der Waals surface area (Å²) < 4.78 is 19.3. The monoisotopic (exact) mass is 297 g/mol. The number of nitrogens with zero attached hydrogens (tertiary/aromatic N) is 1. The average molecular weight is 297 g/mol. The molecule has 110 valence electrons. The molecule has 3 rings (SSSR count). The lowest BCUT2D eigenvalue weighted by Crippen LogP contribution is -2.02. The molecule has 0 spiro atoms. The Balaban J connectivity index is 2.36. The zero-order valence-electron chi connectivity index (χ0n) is 11.7. The van der Waals surface area contributed by atoms with E-state index in [9.17, 15) is 14.3 Å². The molecular formula is C17H12FNO3. The van der Waals surface area contributed by atoms with Crippen molar-refractivity contribution in [2.75, 3.05) is 7.11 Å². The van der Waals surface area contributed by atoms with Crippen LogP contribution in [0, 0.1) is 5.82 Å². The molecule has 1 aromatic heterocycles. The molecule has 0 aliphatic carbocycles. The van der Waals surface area contributed by atoms with E-state index < -0.39 is 11.8 Å². The topological polar surface area (TPSA) is 59.4 Å². The largest absolute Gasteiger partial charge is 0.496 e. The highest BCUT2D eigenvalue weighted by Gasteiger charge is 2.16. The molecule has 0 bridgehead atoms. The summed E-state index contributed by atoms with van der Waals surface area (Å²) in [6.07, 6.45) is 0. The van der Waals surface area contributed by atoms with Crippen LogP contribution in [0.5, 0.6) is 5.75 Å².